The number of aryl methyl sites for hydroxylation is 1. The second-order valence-corrected chi connectivity index (χ2v) is 9.01. The quantitative estimate of drug-likeness (QED) is 0.310. The molecule has 0 saturated heterocycles. The third-order valence-electron chi connectivity index (χ3n) is 4.91. The predicted octanol–water partition coefficient (Wildman–Crippen LogP) is 5.66. The topological polar surface area (TPSA) is 59.1 Å². The van der Waals surface area contributed by atoms with E-state index >= 15 is 0 Å². The van der Waals surface area contributed by atoms with Gasteiger partial charge in [0.25, 0.3) is 6.43 Å². The van der Waals surface area contributed by atoms with Gasteiger partial charge in [-0.2, -0.15) is 0 Å². The van der Waals surface area contributed by atoms with Crippen molar-refractivity contribution in [2.75, 3.05) is 6.54 Å². The number of halogens is 4. The number of hydrogen-bond acceptors (Lipinski definition) is 3. The molecule has 0 aliphatic heterocycles. The van der Waals surface area contributed by atoms with Gasteiger partial charge in [0.1, 0.15) is 11.6 Å². The van der Waals surface area contributed by atoms with Gasteiger partial charge in [-0.15, -0.1) is 0 Å². The number of nitrogens with zero attached hydrogens (tertiary/aromatic N) is 1. The summed E-state index contributed by atoms with van der Waals surface area (Å²) in [6.07, 6.45) is 1.10. The third-order valence-corrected chi connectivity index (χ3v) is 6.39. The van der Waals surface area contributed by atoms with E-state index in [-0.39, 0.29) is 17.0 Å². The van der Waals surface area contributed by atoms with Crippen molar-refractivity contribution in [3.8, 4) is 11.1 Å². The van der Waals surface area contributed by atoms with Crippen LogP contribution in [0.15, 0.2) is 65.7 Å². The smallest absolute Gasteiger partial charge is 0.258 e. The maximum Gasteiger partial charge on any atom is 0.263 e. The van der Waals surface area contributed by atoms with Gasteiger partial charge >= 0.3 is 0 Å². The normalized spacial score (nSPS) is 11.8. The van der Waals surface area contributed by atoms with Gasteiger partial charge < -0.3 is 0 Å². The molecule has 0 unspecified atom stereocenters. The van der Waals surface area contributed by atoms with Crippen LogP contribution in [0.4, 0.5) is 17.6 Å². The van der Waals surface area contributed by atoms with Gasteiger partial charge in [0, 0.05) is 23.4 Å². The highest BCUT2D eigenvalue weighted by Crippen LogP contribution is 2.26. The van der Waals surface area contributed by atoms with Gasteiger partial charge in [-0.05, 0) is 55.2 Å². The van der Waals surface area contributed by atoms with E-state index in [1.807, 2.05) is 0 Å². The molecule has 0 amide bonds. The molecule has 0 aliphatic carbocycles. The summed E-state index contributed by atoms with van der Waals surface area (Å²) in [5.74, 6) is -1.04. The fourth-order valence-electron chi connectivity index (χ4n) is 3.16. The number of pyridine rings is 1. The molecule has 4 nitrogen and oxygen atoms in total. The van der Waals surface area contributed by atoms with Crippen molar-refractivity contribution in [1.29, 1.82) is 0 Å². The van der Waals surface area contributed by atoms with E-state index in [9.17, 15) is 26.0 Å². The van der Waals surface area contributed by atoms with Crippen LogP contribution >= 0.6 is 0 Å². The van der Waals surface area contributed by atoms with Gasteiger partial charge in [0.2, 0.25) is 10.0 Å². The fourth-order valence-corrected chi connectivity index (χ4v) is 4.23. The van der Waals surface area contributed by atoms with E-state index in [1.165, 1.54) is 36.4 Å². The highest BCUT2D eigenvalue weighted by molar-refractivity contribution is 7.89. The molecule has 3 rings (SSSR count). The lowest BCUT2D eigenvalue weighted by molar-refractivity contribution is 0.151. The lowest BCUT2D eigenvalue weighted by atomic mass is 10.0. The summed E-state index contributed by atoms with van der Waals surface area (Å²) in [5.41, 5.74) is 1.32. The Hall–Kier alpha value is -2.78. The molecule has 9 heteroatoms. The summed E-state index contributed by atoms with van der Waals surface area (Å²) in [7, 11) is -3.68. The van der Waals surface area contributed by atoms with E-state index in [0.29, 0.717) is 42.5 Å². The molecule has 0 spiro atoms. The molecule has 1 N–H and O–H groups in total. The minimum atomic E-state index is -3.68. The van der Waals surface area contributed by atoms with E-state index in [1.54, 1.807) is 6.07 Å². The Morgan fingerprint density at radius 1 is 0.906 bits per heavy atom. The second-order valence-electron chi connectivity index (χ2n) is 7.24. The zero-order valence-corrected chi connectivity index (χ0v) is 17.9. The number of aromatic nitrogens is 1. The van der Waals surface area contributed by atoms with Gasteiger partial charge in [-0.3, -0.25) is 4.98 Å². The van der Waals surface area contributed by atoms with Crippen LogP contribution in [0.25, 0.3) is 11.1 Å². The number of nitrogens with one attached hydrogen (secondary N) is 1. The van der Waals surface area contributed by atoms with Crippen molar-refractivity contribution < 1.29 is 26.0 Å². The number of alkyl halides is 2. The van der Waals surface area contributed by atoms with Crippen molar-refractivity contribution in [2.45, 2.75) is 37.0 Å². The number of sulfonamides is 1. The monoisotopic (exact) mass is 466 g/mol. The van der Waals surface area contributed by atoms with Crippen LogP contribution in [-0.2, 0) is 16.4 Å². The Labute approximate surface area is 184 Å². The van der Waals surface area contributed by atoms with Crippen LogP contribution in [0, 0.1) is 11.6 Å². The molecule has 3 aromatic rings. The number of hydrogen-bond donors (Lipinski definition) is 1. The first kappa shape index (κ1) is 23.9. The summed E-state index contributed by atoms with van der Waals surface area (Å²) in [4.78, 5) is 4.08. The molecular weight excluding hydrogens is 444 g/mol. The van der Waals surface area contributed by atoms with Gasteiger partial charge in [0.15, 0.2) is 0 Å². The SMILES string of the molecule is O=S(=O)(NCCCCCc1cc(-c2ccc(C(F)F)cc2)c(F)cn1)c1ccc(F)cc1. The molecule has 1 heterocycles. The Bertz CT molecular complexity index is 1140. The minimum absolute atomic E-state index is 0.00326. The Morgan fingerprint density at radius 3 is 2.25 bits per heavy atom. The molecule has 0 saturated carbocycles. The average Bonchev–Trinajstić information content (AvgIpc) is 2.77. The first-order chi connectivity index (χ1) is 15.3. The van der Waals surface area contributed by atoms with E-state index < -0.39 is 28.1 Å². The largest absolute Gasteiger partial charge is 0.263 e. The van der Waals surface area contributed by atoms with Gasteiger partial charge in [-0.1, -0.05) is 30.7 Å². The lowest BCUT2D eigenvalue weighted by Gasteiger charge is -2.08. The standard InChI is InChI=1S/C23H22F4N2O2S/c24-18-9-11-20(12-10-18)32(30,31)29-13-3-1-2-4-19-14-21(22(25)15-28-19)16-5-7-17(8-6-16)23(26)27/h5-12,14-15,23,29H,1-4,13H2. The number of rotatable bonds is 10. The van der Waals surface area contributed by atoms with Crippen LogP contribution in [0.3, 0.4) is 0 Å². The summed E-state index contributed by atoms with van der Waals surface area (Å²) < 4.78 is 79.3. The van der Waals surface area contributed by atoms with Crippen molar-refractivity contribution in [3.63, 3.8) is 0 Å². The minimum Gasteiger partial charge on any atom is -0.258 e. The molecule has 0 aliphatic rings. The maximum absolute atomic E-state index is 14.2. The maximum atomic E-state index is 14.2. The molecule has 0 fully saturated rings. The summed E-state index contributed by atoms with van der Waals surface area (Å²) in [6, 6.07) is 11.6. The number of unbranched alkanes of at least 4 members (excludes halogenated alkanes) is 2. The molecule has 2 aromatic carbocycles. The Morgan fingerprint density at radius 2 is 1.59 bits per heavy atom. The summed E-state index contributed by atoms with van der Waals surface area (Å²) in [6.45, 7) is 0.234. The van der Waals surface area contributed by atoms with Crippen LogP contribution in [0.2, 0.25) is 0 Å². The highest BCUT2D eigenvalue weighted by atomic mass is 32.2. The zero-order chi connectivity index (χ0) is 23.1. The van der Waals surface area contributed by atoms with Crippen LogP contribution in [-0.4, -0.2) is 19.9 Å². The first-order valence-corrected chi connectivity index (χ1v) is 11.5. The van der Waals surface area contributed by atoms with E-state index in [0.717, 1.165) is 18.3 Å². The molecule has 0 radical (unpaired) electrons. The fraction of sp³-hybridized carbons (Fsp3) is 0.261. The zero-order valence-electron chi connectivity index (χ0n) is 17.1. The van der Waals surface area contributed by atoms with Gasteiger partial charge in [0.05, 0.1) is 11.1 Å². The van der Waals surface area contributed by atoms with Crippen molar-refractivity contribution in [2.24, 2.45) is 0 Å². The molecule has 170 valence electrons. The Balaban J connectivity index is 1.49. The van der Waals surface area contributed by atoms with Crippen LogP contribution in [0.1, 0.15) is 36.9 Å². The van der Waals surface area contributed by atoms with Crippen molar-refractivity contribution >= 4 is 10.0 Å². The molecular formula is C23H22F4N2O2S. The number of benzene rings is 2. The summed E-state index contributed by atoms with van der Waals surface area (Å²) in [5, 5.41) is 0. The van der Waals surface area contributed by atoms with Crippen molar-refractivity contribution in [1.82, 2.24) is 9.71 Å². The molecule has 0 bridgehead atoms. The van der Waals surface area contributed by atoms with E-state index in [4.69, 9.17) is 0 Å². The predicted molar refractivity (Wildman–Crippen MR) is 114 cm³/mol. The van der Waals surface area contributed by atoms with E-state index in [2.05, 4.69) is 9.71 Å². The second kappa shape index (κ2) is 10.7. The third kappa shape index (κ3) is 6.37. The van der Waals surface area contributed by atoms with Gasteiger partial charge in [-0.25, -0.2) is 30.7 Å². The Kier molecular flexibility index (Phi) is 7.98. The van der Waals surface area contributed by atoms with Crippen LogP contribution in [0.5, 0.6) is 0 Å². The molecule has 1 aromatic heterocycles. The highest BCUT2D eigenvalue weighted by Gasteiger charge is 2.13. The lowest BCUT2D eigenvalue weighted by Crippen LogP contribution is -2.24. The first-order valence-electron chi connectivity index (χ1n) is 10.0. The molecule has 32 heavy (non-hydrogen) atoms. The molecule has 0 atom stereocenters. The average molecular weight is 467 g/mol. The summed E-state index contributed by atoms with van der Waals surface area (Å²) >= 11 is 0. The van der Waals surface area contributed by atoms with Crippen LogP contribution < -0.4 is 4.72 Å². The van der Waals surface area contributed by atoms with Crippen molar-refractivity contribution in [3.05, 3.63) is 83.7 Å².